The van der Waals surface area contributed by atoms with Gasteiger partial charge in [0.1, 0.15) is 0 Å². The number of piperidine rings is 1. The number of nitrogens with one attached hydrogen (secondary N) is 1. The number of hydrogen-bond acceptors (Lipinski definition) is 3. The Labute approximate surface area is 106 Å². The van der Waals surface area contributed by atoms with E-state index in [1.54, 1.807) is 0 Å². The van der Waals surface area contributed by atoms with Crippen LogP contribution in [0, 0.1) is 5.92 Å². The normalized spacial score (nSPS) is 37.2. The van der Waals surface area contributed by atoms with Crippen LogP contribution in [0.4, 0.5) is 0 Å². The molecule has 0 aliphatic carbocycles. The van der Waals surface area contributed by atoms with Gasteiger partial charge in [-0.3, -0.25) is 0 Å². The molecule has 0 aromatic heterocycles. The highest BCUT2D eigenvalue weighted by atomic mass is 16.5. The molecule has 0 spiro atoms. The molecule has 0 saturated carbocycles. The van der Waals surface area contributed by atoms with Gasteiger partial charge in [-0.05, 0) is 59.0 Å². The minimum Gasteiger partial charge on any atom is -0.374 e. The molecule has 2 aliphatic heterocycles. The van der Waals surface area contributed by atoms with Gasteiger partial charge < -0.3 is 15.0 Å². The maximum atomic E-state index is 5.93. The monoisotopic (exact) mass is 240 g/mol. The number of rotatable bonds is 4. The smallest absolute Gasteiger partial charge is 0.0706 e. The number of nitrogens with zero attached hydrogens (tertiary/aromatic N) is 1. The van der Waals surface area contributed by atoms with Crippen molar-refractivity contribution in [3.63, 3.8) is 0 Å². The summed E-state index contributed by atoms with van der Waals surface area (Å²) in [6.07, 6.45) is 6.20. The molecule has 2 saturated heterocycles. The van der Waals surface area contributed by atoms with E-state index in [1.807, 2.05) is 0 Å². The maximum Gasteiger partial charge on any atom is 0.0706 e. The van der Waals surface area contributed by atoms with Crippen molar-refractivity contribution in [2.24, 2.45) is 5.92 Å². The zero-order chi connectivity index (χ0) is 12.3. The lowest BCUT2D eigenvalue weighted by Crippen LogP contribution is -2.45. The Morgan fingerprint density at radius 3 is 2.82 bits per heavy atom. The molecule has 2 heterocycles. The zero-order valence-corrected chi connectivity index (χ0v) is 11.6. The van der Waals surface area contributed by atoms with Gasteiger partial charge in [-0.1, -0.05) is 0 Å². The summed E-state index contributed by atoms with van der Waals surface area (Å²) < 4.78 is 5.93. The van der Waals surface area contributed by atoms with Gasteiger partial charge in [0.05, 0.1) is 12.2 Å². The van der Waals surface area contributed by atoms with E-state index in [1.165, 1.54) is 38.8 Å². The highest BCUT2D eigenvalue weighted by Gasteiger charge is 2.28. The molecule has 0 aromatic rings. The molecule has 4 atom stereocenters. The van der Waals surface area contributed by atoms with Gasteiger partial charge in [-0.25, -0.2) is 0 Å². The first-order valence-electron chi connectivity index (χ1n) is 7.24. The number of likely N-dealkylation sites (tertiary alicyclic amines) is 1. The minimum absolute atomic E-state index is 0.483. The van der Waals surface area contributed by atoms with Crippen molar-refractivity contribution in [1.29, 1.82) is 0 Å². The van der Waals surface area contributed by atoms with E-state index in [9.17, 15) is 0 Å². The van der Waals surface area contributed by atoms with Gasteiger partial charge in [0.15, 0.2) is 0 Å². The van der Waals surface area contributed by atoms with Crippen molar-refractivity contribution in [2.45, 2.75) is 57.8 Å². The summed E-state index contributed by atoms with van der Waals surface area (Å²) in [4.78, 5) is 2.62. The first-order chi connectivity index (χ1) is 8.19. The van der Waals surface area contributed by atoms with Crippen molar-refractivity contribution >= 4 is 0 Å². The Balaban J connectivity index is 1.77. The van der Waals surface area contributed by atoms with Crippen LogP contribution in [0.25, 0.3) is 0 Å². The third kappa shape index (κ3) is 3.67. The molecule has 3 nitrogen and oxygen atoms in total. The first-order valence-corrected chi connectivity index (χ1v) is 7.24. The third-order valence-electron chi connectivity index (χ3n) is 4.49. The fourth-order valence-corrected chi connectivity index (χ4v) is 3.21. The third-order valence-corrected chi connectivity index (χ3v) is 4.49. The Morgan fingerprint density at radius 1 is 1.35 bits per heavy atom. The minimum atomic E-state index is 0.483. The van der Waals surface area contributed by atoms with Crippen molar-refractivity contribution < 1.29 is 4.74 Å². The second-order valence-electron chi connectivity index (χ2n) is 5.89. The second kappa shape index (κ2) is 6.17. The standard InChI is InChI=1S/C14H28N2O/c1-11-6-7-14(17-11)10-16-8-4-5-13(9-16)12(2)15-3/h11-15H,4-10H2,1-3H3. The van der Waals surface area contributed by atoms with Crippen molar-refractivity contribution in [1.82, 2.24) is 10.2 Å². The quantitative estimate of drug-likeness (QED) is 0.812. The summed E-state index contributed by atoms with van der Waals surface area (Å²) in [6, 6.07) is 0.640. The summed E-state index contributed by atoms with van der Waals surface area (Å²) in [7, 11) is 2.07. The lowest BCUT2D eigenvalue weighted by Gasteiger charge is -2.36. The number of ether oxygens (including phenoxy) is 1. The summed E-state index contributed by atoms with van der Waals surface area (Å²) in [5, 5.41) is 3.40. The van der Waals surface area contributed by atoms with E-state index >= 15 is 0 Å². The fraction of sp³-hybridized carbons (Fsp3) is 1.00. The van der Waals surface area contributed by atoms with Crippen LogP contribution in [-0.2, 0) is 4.74 Å². The van der Waals surface area contributed by atoms with E-state index in [-0.39, 0.29) is 0 Å². The fourth-order valence-electron chi connectivity index (χ4n) is 3.21. The number of hydrogen-bond donors (Lipinski definition) is 1. The van der Waals surface area contributed by atoms with Crippen molar-refractivity contribution in [3.05, 3.63) is 0 Å². The van der Waals surface area contributed by atoms with Crippen molar-refractivity contribution in [2.75, 3.05) is 26.7 Å². The van der Waals surface area contributed by atoms with E-state index in [0.29, 0.717) is 18.2 Å². The molecular weight excluding hydrogens is 212 g/mol. The van der Waals surface area contributed by atoms with Gasteiger partial charge in [0.25, 0.3) is 0 Å². The Bertz CT molecular complexity index is 232. The van der Waals surface area contributed by atoms with Crippen LogP contribution in [-0.4, -0.2) is 49.8 Å². The molecule has 4 unspecified atom stereocenters. The van der Waals surface area contributed by atoms with Crippen LogP contribution >= 0.6 is 0 Å². The summed E-state index contributed by atoms with van der Waals surface area (Å²) in [5.41, 5.74) is 0. The Hall–Kier alpha value is -0.120. The topological polar surface area (TPSA) is 24.5 Å². The molecular formula is C14H28N2O. The summed E-state index contributed by atoms with van der Waals surface area (Å²) >= 11 is 0. The maximum absolute atomic E-state index is 5.93. The highest BCUT2D eigenvalue weighted by molar-refractivity contribution is 4.82. The van der Waals surface area contributed by atoms with Crippen LogP contribution in [0.15, 0.2) is 0 Å². The van der Waals surface area contributed by atoms with Crippen molar-refractivity contribution in [3.8, 4) is 0 Å². The Kier molecular flexibility index (Phi) is 4.83. The van der Waals surface area contributed by atoms with E-state index in [4.69, 9.17) is 4.74 Å². The SMILES string of the molecule is CNC(C)C1CCCN(CC2CCC(C)O2)C1. The summed E-state index contributed by atoms with van der Waals surface area (Å²) in [5.74, 6) is 0.813. The molecule has 2 fully saturated rings. The molecule has 0 aromatic carbocycles. The molecule has 100 valence electrons. The van der Waals surface area contributed by atoms with Crippen LogP contribution in [0.3, 0.4) is 0 Å². The van der Waals surface area contributed by atoms with E-state index in [0.717, 1.165) is 12.5 Å². The van der Waals surface area contributed by atoms with Crippen LogP contribution in [0.2, 0.25) is 0 Å². The van der Waals surface area contributed by atoms with E-state index < -0.39 is 0 Å². The molecule has 17 heavy (non-hydrogen) atoms. The molecule has 0 amide bonds. The first kappa shape index (κ1) is 13.3. The van der Waals surface area contributed by atoms with Crippen LogP contribution in [0.5, 0.6) is 0 Å². The second-order valence-corrected chi connectivity index (χ2v) is 5.89. The lowest BCUT2D eigenvalue weighted by molar-refractivity contribution is 0.0199. The van der Waals surface area contributed by atoms with E-state index in [2.05, 4.69) is 31.1 Å². The average molecular weight is 240 g/mol. The Morgan fingerprint density at radius 2 is 2.18 bits per heavy atom. The summed E-state index contributed by atoms with van der Waals surface area (Å²) in [6.45, 7) is 8.17. The molecule has 0 bridgehead atoms. The molecule has 0 radical (unpaired) electrons. The predicted octanol–water partition coefficient (Wildman–Crippen LogP) is 1.87. The van der Waals surface area contributed by atoms with Crippen LogP contribution in [0.1, 0.15) is 39.5 Å². The largest absolute Gasteiger partial charge is 0.374 e. The van der Waals surface area contributed by atoms with Gasteiger partial charge >= 0.3 is 0 Å². The highest BCUT2D eigenvalue weighted by Crippen LogP contribution is 2.24. The van der Waals surface area contributed by atoms with Gasteiger partial charge in [0.2, 0.25) is 0 Å². The van der Waals surface area contributed by atoms with Gasteiger partial charge in [-0.2, -0.15) is 0 Å². The lowest BCUT2D eigenvalue weighted by atomic mass is 9.91. The predicted molar refractivity (Wildman–Crippen MR) is 71.3 cm³/mol. The van der Waals surface area contributed by atoms with Gasteiger partial charge in [-0.15, -0.1) is 0 Å². The van der Waals surface area contributed by atoms with Crippen LogP contribution < -0.4 is 5.32 Å². The molecule has 3 heteroatoms. The van der Waals surface area contributed by atoms with Gasteiger partial charge in [0, 0.05) is 19.1 Å². The zero-order valence-electron chi connectivity index (χ0n) is 11.6. The average Bonchev–Trinajstić information content (AvgIpc) is 2.74. The molecule has 2 rings (SSSR count). The molecule has 2 aliphatic rings. The molecule has 1 N–H and O–H groups in total.